The summed E-state index contributed by atoms with van der Waals surface area (Å²) in [6, 6.07) is 10.5. The van der Waals surface area contributed by atoms with Crippen molar-refractivity contribution in [2.75, 3.05) is 18.5 Å². The zero-order valence-electron chi connectivity index (χ0n) is 12.6. The van der Waals surface area contributed by atoms with Crippen LogP contribution in [0.5, 0.6) is 17.2 Å². The number of carbonyl (C=O) groups excluding carboxylic acids is 1. The molecule has 1 aliphatic heterocycles. The van der Waals surface area contributed by atoms with Crippen LogP contribution in [0.15, 0.2) is 36.4 Å². The molecule has 1 amide bonds. The first-order chi connectivity index (χ1) is 11.7. The summed E-state index contributed by atoms with van der Waals surface area (Å²) in [7, 11) is 0. The summed E-state index contributed by atoms with van der Waals surface area (Å²) >= 11 is 1.37. The van der Waals surface area contributed by atoms with Gasteiger partial charge in [0.05, 0.1) is 16.6 Å². The second kappa shape index (κ2) is 6.01. The van der Waals surface area contributed by atoms with Crippen LogP contribution in [0.25, 0.3) is 10.2 Å². The molecule has 0 radical (unpaired) electrons. The van der Waals surface area contributed by atoms with E-state index in [0.29, 0.717) is 35.4 Å². The number of para-hydroxylation sites is 1. The number of phenols is 1. The second-order valence-corrected chi connectivity index (χ2v) is 6.37. The first-order valence-electron chi connectivity index (χ1n) is 7.46. The van der Waals surface area contributed by atoms with Gasteiger partial charge in [-0.1, -0.05) is 29.5 Å². The molecule has 0 saturated carbocycles. The first-order valence-corrected chi connectivity index (χ1v) is 8.27. The third-order valence-electron chi connectivity index (χ3n) is 3.64. The summed E-state index contributed by atoms with van der Waals surface area (Å²) < 4.78 is 12.0. The van der Waals surface area contributed by atoms with E-state index in [1.807, 2.05) is 12.1 Å². The van der Waals surface area contributed by atoms with Crippen LogP contribution in [0.3, 0.4) is 0 Å². The van der Waals surface area contributed by atoms with Crippen molar-refractivity contribution in [1.82, 2.24) is 4.98 Å². The summed E-state index contributed by atoms with van der Waals surface area (Å²) in [5.74, 6) is 1.25. The summed E-state index contributed by atoms with van der Waals surface area (Å²) in [4.78, 5) is 16.6. The summed E-state index contributed by atoms with van der Waals surface area (Å²) in [5.41, 5.74) is 1.33. The Bertz CT molecular complexity index is 879. The van der Waals surface area contributed by atoms with Crippen LogP contribution >= 0.6 is 11.3 Å². The number of phenolic OH excluding ortho intramolecular Hbond substituents is 1. The molecular formula is C17H14N2O4S. The third kappa shape index (κ3) is 2.85. The van der Waals surface area contributed by atoms with Crippen LogP contribution < -0.4 is 14.8 Å². The van der Waals surface area contributed by atoms with Crippen molar-refractivity contribution in [2.24, 2.45) is 0 Å². The molecule has 0 spiro atoms. The summed E-state index contributed by atoms with van der Waals surface area (Å²) in [5, 5.41) is 13.0. The van der Waals surface area contributed by atoms with Crippen LogP contribution in [0.4, 0.5) is 5.13 Å². The molecule has 0 bridgehead atoms. The molecule has 3 aromatic rings. The predicted octanol–water partition coefficient (Wildman–Crippen LogP) is 2.95. The summed E-state index contributed by atoms with van der Waals surface area (Å²) in [6.45, 7) is 1.05. The zero-order chi connectivity index (χ0) is 16.5. The molecule has 6 nitrogen and oxygen atoms in total. The maximum Gasteiger partial charge on any atom is 0.230 e. The number of carbonyl (C=O) groups is 1. The minimum absolute atomic E-state index is 0.0886. The molecule has 0 saturated heterocycles. The largest absolute Gasteiger partial charge is 0.508 e. The maximum atomic E-state index is 12.2. The van der Waals surface area contributed by atoms with Crippen molar-refractivity contribution >= 4 is 32.6 Å². The number of rotatable bonds is 3. The van der Waals surface area contributed by atoms with Gasteiger partial charge in [-0.25, -0.2) is 4.98 Å². The highest BCUT2D eigenvalue weighted by Gasteiger charge is 2.16. The monoisotopic (exact) mass is 342 g/mol. The molecule has 2 heterocycles. The van der Waals surface area contributed by atoms with E-state index in [1.165, 1.54) is 11.3 Å². The number of nitrogens with zero attached hydrogens (tertiary/aromatic N) is 1. The zero-order valence-corrected chi connectivity index (χ0v) is 13.4. The van der Waals surface area contributed by atoms with Crippen LogP contribution in [-0.2, 0) is 11.2 Å². The quantitative estimate of drug-likeness (QED) is 0.765. The van der Waals surface area contributed by atoms with Gasteiger partial charge in [-0.3, -0.25) is 4.79 Å². The van der Waals surface area contributed by atoms with Crippen LogP contribution in [-0.4, -0.2) is 29.2 Å². The fourth-order valence-corrected chi connectivity index (χ4v) is 3.41. The van der Waals surface area contributed by atoms with Crippen molar-refractivity contribution < 1.29 is 19.4 Å². The number of ether oxygens (including phenoxy) is 2. The average Bonchev–Trinajstić information content (AvgIpc) is 2.95. The Morgan fingerprint density at radius 1 is 1.21 bits per heavy atom. The molecule has 4 rings (SSSR count). The molecule has 0 aliphatic carbocycles. The van der Waals surface area contributed by atoms with Crippen molar-refractivity contribution in [1.29, 1.82) is 0 Å². The van der Waals surface area contributed by atoms with Gasteiger partial charge in [-0.2, -0.15) is 0 Å². The molecule has 2 aromatic carbocycles. The summed E-state index contributed by atoms with van der Waals surface area (Å²) in [6.07, 6.45) is 0.0886. The van der Waals surface area contributed by atoms with Crippen molar-refractivity contribution in [3.05, 3.63) is 42.0 Å². The highest BCUT2D eigenvalue weighted by Crippen LogP contribution is 2.37. The van der Waals surface area contributed by atoms with Gasteiger partial charge < -0.3 is 19.9 Å². The molecule has 0 atom stereocenters. The third-order valence-corrected chi connectivity index (χ3v) is 4.57. The second-order valence-electron chi connectivity index (χ2n) is 5.34. The number of hydrogen-bond acceptors (Lipinski definition) is 6. The molecule has 2 N–H and O–H groups in total. The highest BCUT2D eigenvalue weighted by molar-refractivity contribution is 7.22. The van der Waals surface area contributed by atoms with Crippen molar-refractivity contribution in [3.8, 4) is 17.2 Å². The topological polar surface area (TPSA) is 80.7 Å². The molecule has 1 aromatic heterocycles. The van der Waals surface area contributed by atoms with Crippen LogP contribution in [0.1, 0.15) is 5.56 Å². The van der Waals surface area contributed by atoms with Gasteiger partial charge in [0.15, 0.2) is 16.6 Å². The van der Waals surface area contributed by atoms with E-state index >= 15 is 0 Å². The molecule has 24 heavy (non-hydrogen) atoms. The van der Waals surface area contributed by atoms with Gasteiger partial charge in [0.25, 0.3) is 0 Å². The van der Waals surface area contributed by atoms with Gasteiger partial charge in [-0.15, -0.1) is 0 Å². The Balaban J connectivity index is 1.54. The fourth-order valence-electron chi connectivity index (χ4n) is 2.52. The number of aromatic nitrogens is 1. The number of anilines is 1. The van der Waals surface area contributed by atoms with Gasteiger partial charge in [0.1, 0.15) is 19.0 Å². The number of thiazole rings is 1. The van der Waals surface area contributed by atoms with Crippen LogP contribution in [0.2, 0.25) is 0 Å². The lowest BCUT2D eigenvalue weighted by Gasteiger charge is -2.17. The number of hydrogen-bond donors (Lipinski definition) is 2. The van der Waals surface area contributed by atoms with Crippen LogP contribution in [0, 0.1) is 0 Å². The minimum atomic E-state index is -0.229. The smallest absolute Gasteiger partial charge is 0.230 e. The number of benzene rings is 2. The molecule has 0 unspecified atom stereocenters. The number of aromatic hydroxyl groups is 1. The number of amides is 1. The Labute approximate surface area is 141 Å². The van der Waals surface area contributed by atoms with E-state index < -0.39 is 0 Å². The molecular weight excluding hydrogens is 328 g/mol. The molecule has 7 heteroatoms. The fraction of sp³-hybridized carbons (Fsp3) is 0.176. The van der Waals surface area contributed by atoms with Crippen molar-refractivity contribution in [3.63, 3.8) is 0 Å². The SMILES string of the molecule is O=C(Cc1ccccc1O)Nc1nc2cc3c(cc2s1)OCCO3. The van der Waals surface area contributed by atoms with Gasteiger partial charge in [0.2, 0.25) is 5.91 Å². The van der Waals surface area contributed by atoms with E-state index in [0.717, 1.165) is 10.2 Å². The van der Waals surface area contributed by atoms with Crippen molar-refractivity contribution in [2.45, 2.75) is 6.42 Å². The average molecular weight is 342 g/mol. The van der Waals surface area contributed by atoms with Gasteiger partial charge in [-0.05, 0) is 6.07 Å². The number of nitrogens with one attached hydrogen (secondary N) is 1. The standard InChI is InChI=1S/C17H14N2O4S/c20-12-4-2-1-3-10(12)7-16(21)19-17-18-11-8-13-14(9-15(11)24-17)23-6-5-22-13/h1-4,8-9,20H,5-7H2,(H,18,19,21). The van der Waals surface area contributed by atoms with Gasteiger partial charge in [0, 0.05) is 17.7 Å². The lowest BCUT2D eigenvalue weighted by Crippen LogP contribution is -2.15. The lowest BCUT2D eigenvalue weighted by molar-refractivity contribution is -0.115. The number of fused-ring (bicyclic) bond motifs is 2. The van der Waals surface area contributed by atoms with Gasteiger partial charge >= 0.3 is 0 Å². The highest BCUT2D eigenvalue weighted by atomic mass is 32.1. The lowest BCUT2D eigenvalue weighted by atomic mass is 10.1. The molecule has 1 aliphatic rings. The first kappa shape index (κ1) is 14.8. The minimum Gasteiger partial charge on any atom is -0.508 e. The Morgan fingerprint density at radius 2 is 1.96 bits per heavy atom. The Kier molecular flexibility index (Phi) is 3.70. The van der Waals surface area contributed by atoms with E-state index in [4.69, 9.17) is 9.47 Å². The Morgan fingerprint density at radius 3 is 2.75 bits per heavy atom. The van der Waals surface area contributed by atoms with E-state index in [-0.39, 0.29) is 18.1 Å². The Hall–Kier alpha value is -2.80. The maximum absolute atomic E-state index is 12.2. The van der Waals surface area contributed by atoms with E-state index in [2.05, 4.69) is 10.3 Å². The predicted molar refractivity (Wildman–Crippen MR) is 91.1 cm³/mol. The molecule has 122 valence electrons. The molecule has 0 fully saturated rings. The van der Waals surface area contributed by atoms with E-state index in [1.54, 1.807) is 24.3 Å². The van der Waals surface area contributed by atoms with E-state index in [9.17, 15) is 9.90 Å². The normalized spacial score (nSPS) is 13.0.